The number of hydrogen-bond donors (Lipinski definition) is 2. The van der Waals surface area contributed by atoms with Crippen LogP contribution < -0.4 is 20.3 Å². The number of rotatable bonds is 4. The zero-order chi connectivity index (χ0) is 19.7. The molecule has 0 saturated heterocycles. The van der Waals surface area contributed by atoms with E-state index >= 15 is 0 Å². The summed E-state index contributed by atoms with van der Waals surface area (Å²) in [5, 5.41) is 9.32. The van der Waals surface area contributed by atoms with Crippen molar-refractivity contribution < 1.29 is 23.8 Å². The van der Waals surface area contributed by atoms with Crippen LogP contribution in [0.5, 0.6) is 11.5 Å². The summed E-state index contributed by atoms with van der Waals surface area (Å²) in [5.41, 5.74) is -0.0107. The lowest BCUT2D eigenvalue weighted by Gasteiger charge is -2.14. The van der Waals surface area contributed by atoms with E-state index in [4.69, 9.17) is 14.2 Å². The molecule has 4 rings (SSSR count). The fraction of sp³-hybridized carbons (Fsp3) is 0.158. The molecule has 3 aromatic rings. The minimum Gasteiger partial charge on any atom is -0.454 e. The molecule has 0 spiro atoms. The molecular weight excluding hydrogens is 366 g/mol. The summed E-state index contributed by atoms with van der Waals surface area (Å²) in [6.07, 6.45) is -1.09. The zero-order valence-electron chi connectivity index (χ0n) is 14.7. The first-order valence-corrected chi connectivity index (χ1v) is 8.42. The van der Waals surface area contributed by atoms with Gasteiger partial charge in [-0.05, 0) is 25.1 Å². The number of nitrogens with one attached hydrogen (secondary N) is 2. The number of carbonyl (C=O) groups is 2. The summed E-state index contributed by atoms with van der Waals surface area (Å²) in [4.78, 5) is 36.6. The van der Waals surface area contributed by atoms with Crippen molar-refractivity contribution in [1.82, 2.24) is 10.2 Å². The van der Waals surface area contributed by atoms with E-state index in [1.165, 1.54) is 6.92 Å². The van der Waals surface area contributed by atoms with E-state index < -0.39 is 23.5 Å². The normalized spacial score (nSPS) is 13.2. The highest BCUT2D eigenvalue weighted by Gasteiger charge is 2.23. The first kappa shape index (κ1) is 17.5. The fourth-order valence-corrected chi connectivity index (χ4v) is 2.76. The van der Waals surface area contributed by atoms with E-state index in [1.54, 1.807) is 42.5 Å². The van der Waals surface area contributed by atoms with Crippen molar-refractivity contribution in [2.75, 3.05) is 12.1 Å². The second-order valence-electron chi connectivity index (χ2n) is 6.05. The molecule has 1 atom stereocenters. The summed E-state index contributed by atoms with van der Waals surface area (Å²) < 4.78 is 15.7. The smallest absolute Gasteiger partial charge is 0.360 e. The number of ether oxygens (including phenoxy) is 3. The Morgan fingerprint density at radius 2 is 1.89 bits per heavy atom. The van der Waals surface area contributed by atoms with Gasteiger partial charge >= 0.3 is 5.97 Å². The summed E-state index contributed by atoms with van der Waals surface area (Å²) in [6, 6.07) is 11.5. The van der Waals surface area contributed by atoms with E-state index in [0.717, 1.165) is 0 Å². The third kappa shape index (κ3) is 3.25. The van der Waals surface area contributed by atoms with Crippen LogP contribution in [0.15, 0.2) is 47.3 Å². The van der Waals surface area contributed by atoms with E-state index in [-0.39, 0.29) is 12.5 Å². The van der Waals surface area contributed by atoms with Crippen LogP contribution in [0.2, 0.25) is 0 Å². The van der Waals surface area contributed by atoms with Gasteiger partial charge in [-0.3, -0.25) is 9.59 Å². The average Bonchev–Trinajstić information content (AvgIpc) is 3.16. The average molecular weight is 381 g/mol. The highest BCUT2D eigenvalue weighted by atomic mass is 16.7. The lowest BCUT2D eigenvalue weighted by atomic mass is 10.1. The topological polar surface area (TPSA) is 120 Å². The number of carbonyl (C=O) groups excluding carboxylic acids is 2. The molecule has 2 aromatic carbocycles. The van der Waals surface area contributed by atoms with Crippen molar-refractivity contribution >= 4 is 28.3 Å². The van der Waals surface area contributed by atoms with Crippen LogP contribution in [0.1, 0.15) is 17.4 Å². The molecule has 0 aliphatic carbocycles. The van der Waals surface area contributed by atoms with Gasteiger partial charge in [0.1, 0.15) is 0 Å². The van der Waals surface area contributed by atoms with Gasteiger partial charge in [0.15, 0.2) is 23.3 Å². The third-order valence-electron chi connectivity index (χ3n) is 4.18. The Morgan fingerprint density at radius 3 is 2.71 bits per heavy atom. The first-order valence-electron chi connectivity index (χ1n) is 8.42. The van der Waals surface area contributed by atoms with Gasteiger partial charge in [-0.2, -0.15) is 5.10 Å². The van der Waals surface area contributed by atoms with Gasteiger partial charge in [0.05, 0.1) is 5.39 Å². The van der Waals surface area contributed by atoms with Gasteiger partial charge in [-0.15, -0.1) is 0 Å². The monoisotopic (exact) mass is 381 g/mol. The molecule has 1 aliphatic rings. The molecule has 0 unspecified atom stereocenters. The molecule has 2 heterocycles. The number of hydrogen-bond acceptors (Lipinski definition) is 7. The van der Waals surface area contributed by atoms with E-state index in [0.29, 0.717) is 28.0 Å². The number of esters is 1. The molecule has 1 aliphatic heterocycles. The molecule has 0 fully saturated rings. The Morgan fingerprint density at radius 1 is 1.14 bits per heavy atom. The van der Waals surface area contributed by atoms with Gasteiger partial charge in [0, 0.05) is 17.1 Å². The number of benzene rings is 2. The highest BCUT2D eigenvalue weighted by molar-refractivity contribution is 6.03. The van der Waals surface area contributed by atoms with Crippen LogP contribution >= 0.6 is 0 Å². The maximum absolute atomic E-state index is 12.5. The lowest BCUT2D eigenvalue weighted by Crippen LogP contribution is -2.30. The summed E-state index contributed by atoms with van der Waals surface area (Å²) in [5.74, 6) is -0.235. The second-order valence-corrected chi connectivity index (χ2v) is 6.05. The zero-order valence-corrected chi connectivity index (χ0v) is 14.7. The maximum atomic E-state index is 12.5. The number of aromatic nitrogens is 2. The molecule has 2 N–H and O–H groups in total. The molecule has 9 nitrogen and oxygen atoms in total. The van der Waals surface area contributed by atoms with Crippen molar-refractivity contribution in [3.05, 3.63) is 58.5 Å². The van der Waals surface area contributed by atoms with E-state index in [2.05, 4.69) is 15.5 Å². The Kier molecular flexibility index (Phi) is 4.40. The highest BCUT2D eigenvalue weighted by Crippen LogP contribution is 2.34. The Bertz CT molecular complexity index is 1140. The van der Waals surface area contributed by atoms with Crippen LogP contribution in [0, 0.1) is 0 Å². The molecule has 1 aromatic heterocycles. The number of nitrogens with zero attached hydrogens (tertiary/aromatic N) is 1. The summed E-state index contributed by atoms with van der Waals surface area (Å²) >= 11 is 0. The third-order valence-corrected chi connectivity index (χ3v) is 4.18. The predicted octanol–water partition coefficient (Wildman–Crippen LogP) is 1.84. The Balaban J connectivity index is 1.48. The number of anilines is 1. The Hall–Kier alpha value is -3.88. The van der Waals surface area contributed by atoms with E-state index in [9.17, 15) is 14.4 Å². The molecular formula is C19H15N3O6. The number of fused-ring (bicyclic) bond motifs is 2. The van der Waals surface area contributed by atoms with Crippen LogP contribution in [0.4, 0.5) is 5.69 Å². The number of aromatic amines is 1. The standard InChI is InChI=1S/C19H15N3O6/c1-10(17(23)20-11-6-7-14-15(8-11)27-9-26-14)28-19(25)16-12-4-2-3-5-13(12)18(24)22-21-16/h2-8,10H,9H2,1H3,(H,20,23)(H,22,24)/t10-/m0/s1. The van der Waals surface area contributed by atoms with Gasteiger partial charge in [0.2, 0.25) is 6.79 Å². The van der Waals surface area contributed by atoms with Gasteiger partial charge in [0.25, 0.3) is 11.5 Å². The van der Waals surface area contributed by atoms with Crippen molar-refractivity contribution in [1.29, 1.82) is 0 Å². The molecule has 0 bridgehead atoms. The summed E-state index contributed by atoms with van der Waals surface area (Å²) in [6.45, 7) is 1.56. The minimum absolute atomic E-state index is 0.0714. The quantitative estimate of drug-likeness (QED) is 0.662. The van der Waals surface area contributed by atoms with Crippen molar-refractivity contribution in [2.24, 2.45) is 0 Å². The molecule has 142 valence electrons. The Labute approximate surface area is 158 Å². The van der Waals surface area contributed by atoms with Crippen LogP contribution in [0.25, 0.3) is 10.8 Å². The molecule has 28 heavy (non-hydrogen) atoms. The molecule has 1 amide bonds. The molecule has 9 heteroatoms. The SMILES string of the molecule is C[C@H](OC(=O)c1n[nH]c(=O)c2ccccc12)C(=O)Nc1ccc2c(c1)OCO2. The molecule has 0 radical (unpaired) electrons. The van der Waals surface area contributed by atoms with Crippen molar-refractivity contribution in [3.8, 4) is 11.5 Å². The first-order chi connectivity index (χ1) is 13.5. The van der Waals surface area contributed by atoms with Crippen LogP contribution in [-0.4, -0.2) is 35.0 Å². The van der Waals surface area contributed by atoms with Gasteiger partial charge in [-0.25, -0.2) is 9.89 Å². The van der Waals surface area contributed by atoms with Crippen LogP contribution in [0.3, 0.4) is 0 Å². The lowest BCUT2D eigenvalue weighted by molar-refractivity contribution is -0.123. The number of H-pyrrole nitrogens is 1. The molecule has 0 saturated carbocycles. The summed E-state index contributed by atoms with van der Waals surface area (Å²) in [7, 11) is 0. The largest absolute Gasteiger partial charge is 0.454 e. The van der Waals surface area contributed by atoms with Gasteiger partial charge in [-0.1, -0.05) is 18.2 Å². The maximum Gasteiger partial charge on any atom is 0.360 e. The van der Waals surface area contributed by atoms with Gasteiger partial charge < -0.3 is 19.5 Å². The van der Waals surface area contributed by atoms with Crippen molar-refractivity contribution in [2.45, 2.75) is 13.0 Å². The fourth-order valence-electron chi connectivity index (χ4n) is 2.76. The van der Waals surface area contributed by atoms with Crippen LogP contribution in [-0.2, 0) is 9.53 Å². The van der Waals surface area contributed by atoms with Crippen molar-refractivity contribution in [3.63, 3.8) is 0 Å². The second kappa shape index (κ2) is 7.03. The minimum atomic E-state index is -1.09. The predicted molar refractivity (Wildman–Crippen MR) is 98.4 cm³/mol. The number of amides is 1. The van der Waals surface area contributed by atoms with E-state index in [1.807, 2.05) is 0 Å².